The summed E-state index contributed by atoms with van der Waals surface area (Å²) in [4.78, 5) is 21.4. The first-order valence-corrected chi connectivity index (χ1v) is 7.67. The summed E-state index contributed by atoms with van der Waals surface area (Å²) < 4.78 is 0. The summed E-state index contributed by atoms with van der Waals surface area (Å²) in [5, 5.41) is 13.0. The zero-order chi connectivity index (χ0) is 15.2. The molecule has 5 heteroatoms. The van der Waals surface area contributed by atoms with Gasteiger partial charge in [0.15, 0.2) is 0 Å². The monoisotopic (exact) mass is 305 g/mol. The Hall–Kier alpha value is -0.320. The fourth-order valence-electron chi connectivity index (χ4n) is 1.98. The summed E-state index contributed by atoms with van der Waals surface area (Å²) in [6, 6.07) is 0. The van der Waals surface area contributed by atoms with E-state index in [1.165, 1.54) is 25.7 Å². The molecule has 1 N–H and O–H groups in total. The van der Waals surface area contributed by atoms with Gasteiger partial charge in [-0.25, -0.2) is 0 Å². The van der Waals surface area contributed by atoms with Crippen LogP contribution in [0.25, 0.3) is 0 Å². The molecule has 0 aromatic carbocycles. The second kappa shape index (κ2) is 16.1. The van der Waals surface area contributed by atoms with E-state index in [9.17, 15) is 14.7 Å². The molecular formula is C16H28NNaO3. The van der Waals surface area contributed by atoms with E-state index in [0.29, 0.717) is 5.57 Å². The standard InChI is InChI=1S/C16H29NO3.Na/c1-14(2)16(20)17-13-11-9-7-5-3-4-6-8-10-12-15(18)19;/h1,3-13H2,2H3,(H,17,20)(H,18,19);/q;+1/p-1. The molecule has 0 saturated carbocycles. The van der Waals surface area contributed by atoms with Crippen molar-refractivity contribution >= 4 is 11.9 Å². The van der Waals surface area contributed by atoms with Gasteiger partial charge in [0.05, 0.1) is 0 Å². The van der Waals surface area contributed by atoms with Gasteiger partial charge in [0.25, 0.3) is 0 Å². The smallest absolute Gasteiger partial charge is 0.550 e. The molecule has 0 unspecified atom stereocenters. The number of aliphatic carboxylic acids is 1. The maximum Gasteiger partial charge on any atom is 1.00 e. The molecule has 0 radical (unpaired) electrons. The van der Waals surface area contributed by atoms with Crippen LogP contribution < -0.4 is 40.0 Å². The number of unbranched alkanes of at least 4 members (excludes halogenated alkanes) is 8. The van der Waals surface area contributed by atoms with E-state index in [-0.39, 0.29) is 41.9 Å². The first-order chi connectivity index (χ1) is 9.54. The van der Waals surface area contributed by atoms with Gasteiger partial charge in [0, 0.05) is 18.1 Å². The largest absolute Gasteiger partial charge is 1.00 e. The third kappa shape index (κ3) is 17.6. The molecule has 0 aliphatic heterocycles. The van der Waals surface area contributed by atoms with Crippen LogP contribution in [-0.4, -0.2) is 18.4 Å². The normalized spacial score (nSPS) is 9.76. The number of carbonyl (C=O) groups excluding carboxylic acids is 2. The number of hydrogen-bond acceptors (Lipinski definition) is 3. The summed E-state index contributed by atoms with van der Waals surface area (Å²) >= 11 is 0. The molecular weight excluding hydrogens is 277 g/mol. The van der Waals surface area contributed by atoms with Crippen LogP contribution in [0, 0.1) is 0 Å². The van der Waals surface area contributed by atoms with Crippen molar-refractivity contribution in [1.82, 2.24) is 5.32 Å². The summed E-state index contributed by atoms with van der Waals surface area (Å²) in [5.41, 5.74) is 0.559. The van der Waals surface area contributed by atoms with E-state index in [2.05, 4.69) is 11.9 Å². The van der Waals surface area contributed by atoms with Crippen molar-refractivity contribution in [3.05, 3.63) is 12.2 Å². The Morgan fingerprint density at radius 1 is 0.905 bits per heavy atom. The van der Waals surface area contributed by atoms with Gasteiger partial charge in [0.2, 0.25) is 5.91 Å². The molecule has 0 spiro atoms. The maximum atomic E-state index is 11.2. The minimum atomic E-state index is -0.941. The van der Waals surface area contributed by atoms with Crippen LogP contribution in [0.3, 0.4) is 0 Å². The number of carboxylic acids is 1. The zero-order valence-corrected chi connectivity index (χ0v) is 15.7. The molecule has 0 fully saturated rings. The van der Waals surface area contributed by atoms with Gasteiger partial charge in [-0.05, 0) is 26.2 Å². The van der Waals surface area contributed by atoms with Crippen molar-refractivity contribution < 1.29 is 44.3 Å². The van der Waals surface area contributed by atoms with Crippen LogP contribution in [-0.2, 0) is 9.59 Å². The number of hydrogen-bond donors (Lipinski definition) is 1. The van der Waals surface area contributed by atoms with E-state index in [1.54, 1.807) is 6.92 Å². The molecule has 0 rings (SSSR count). The quantitative estimate of drug-likeness (QED) is 0.279. The van der Waals surface area contributed by atoms with E-state index in [0.717, 1.165) is 38.6 Å². The van der Waals surface area contributed by atoms with Crippen LogP contribution in [0.2, 0.25) is 0 Å². The van der Waals surface area contributed by atoms with Crippen molar-refractivity contribution in [3.8, 4) is 0 Å². The van der Waals surface area contributed by atoms with Crippen molar-refractivity contribution in [2.75, 3.05) is 6.54 Å². The Morgan fingerprint density at radius 3 is 1.76 bits per heavy atom. The first kappa shape index (κ1) is 23.0. The van der Waals surface area contributed by atoms with Crippen molar-refractivity contribution in [2.24, 2.45) is 0 Å². The van der Waals surface area contributed by atoms with Gasteiger partial charge >= 0.3 is 29.6 Å². The van der Waals surface area contributed by atoms with Crippen LogP contribution in [0.4, 0.5) is 0 Å². The summed E-state index contributed by atoms with van der Waals surface area (Å²) in [5.74, 6) is -0.995. The minimum absolute atomic E-state index is 0. The molecule has 0 aromatic heterocycles. The van der Waals surface area contributed by atoms with Crippen molar-refractivity contribution in [2.45, 2.75) is 71.1 Å². The van der Waals surface area contributed by atoms with Gasteiger partial charge < -0.3 is 15.2 Å². The number of carbonyl (C=O) groups is 2. The number of carboxylic acid groups (broad SMARTS) is 1. The van der Waals surface area contributed by atoms with Gasteiger partial charge in [-0.3, -0.25) is 4.79 Å². The third-order valence-corrected chi connectivity index (χ3v) is 3.23. The Morgan fingerprint density at radius 2 is 1.33 bits per heavy atom. The Bertz CT molecular complexity index is 306. The van der Waals surface area contributed by atoms with Gasteiger partial charge in [0.1, 0.15) is 0 Å². The fraction of sp³-hybridized carbons (Fsp3) is 0.750. The predicted molar refractivity (Wildman–Crippen MR) is 79.0 cm³/mol. The Kier molecular flexibility index (Phi) is 17.6. The Labute approximate surface area is 151 Å². The SMILES string of the molecule is C=C(C)C(=O)NCCCCCCCCCCCC(=O)[O-].[Na+]. The van der Waals surface area contributed by atoms with Gasteiger partial charge in [-0.1, -0.05) is 51.5 Å². The predicted octanol–water partition coefficient (Wildman–Crippen LogP) is -0.666. The molecule has 0 aromatic rings. The minimum Gasteiger partial charge on any atom is -0.550 e. The van der Waals surface area contributed by atoms with E-state index < -0.39 is 5.97 Å². The van der Waals surface area contributed by atoms with Crippen LogP contribution >= 0.6 is 0 Å². The number of amides is 1. The molecule has 0 heterocycles. The number of rotatable bonds is 13. The number of nitrogens with one attached hydrogen (secondary N) is 1. The molecule has 0 aliphatic rings. The fourth-order valence-corrected chi connectivity index (χ4v) is 1.98. The summed E-state index contributed by atoms with van der Waals surface area (Å²) in [7, 11) is 0. The van der Waals surface area contributed by atoms with Gasteiger partial charge in [-0.15, -0.1) is 0 Å². The van der Waals surface area contributed by atoms with E-state index in [4.69, 9.17) is 0 Å². The second-order valence-corrected chi connectivity index (χ2v) is 5.34. The van der Waals surface area contributed by atoms with E-state index in [1.807, 2.05) is 0 Å². The zero-order valence-electron chi connectivity index (χ0n) is 13.7. The van der Waals surface area contributed by atoms with Crippen molar-refractivity contribution in [1.29, 1.82) is 0 Å². The van der Waals surface area contributed by atoms with Crippen LogP contribution in [0.1, 0.15) is 71.1 Å². The van der Waals surface area contributed by atoms with E-state index >= 15 is 0 Å². The second-order valence-electron chi connectivity index (χ2n) is 5.34. The summed E-state index contributed by atoms with van der Waals surface area (Å²) in [6.45, 7) is 6.03. The van der Waals surface area contributed by atoms with Crippen LogP contribution in [0.15, 0.2) is 12.2 Å². The van der Waals surface area contributed by atoms with Crippen molar-refractivity contribution in [3.63, 3.8) is 0 Å². The third-order valence-electron chi connectivity index (χ3n) is 3.23. The average molecular weight is 305 g/mol. The average Bonchev–Trinajstić information content (AvgIpc) is 2.39. The maximum absolute atomic E-state index is 11.2. The topological polar surface area (TPSA) is 69.2 Å². The molecule has 0 saturated heterocycles. The molecule has 116 valence electrons. The molecule has 1 amide bonds. The molecule has 4 nitrogen and oxygen atoms in total. The molecule has 0 atom stereocenters. The first-order valence-electron chi connectivity index (χ1n) is 7.67. The van der Waals surface area contributed by atoms with Gasteiger partial charge in [-0.2, -0.15) is 0 Å². The Balaban J connectivity index is 0. The molecule has 0 aliphatic carbocycles. The molecule has 0 bridgehead atoms. The summed E-state index contributed by atoms with van der Waals surface area (Å²) in [6.07, 6.45) is 10.00. The van der Waals surface area contributed by atoms with Crippen LogP contribution in [0.5, 0.6) is 0 Å². The molecule has 21 heavy (non-hydrogen) atoms.